The molecule has 0 aromatic carbocycles. The Labute approximate surface area is 84.9 Å². The van der Waals surface area contributed by atoms with Crippen LogP contribution < -0.4 is 10.2 Å². The fourth-order valence-electron chi connectivity index (χ4n) is 1.47. The molecule has 2 heterocycles. The highest BCUT2D eigenvalue weighted by atomic mass is 19.4. The normalized spacial score (nSPS) is 17.1. The molecule has 0 saturated carbocycles. The lowest BCUT2D eigenvalue weighted by atomic mass is 10.2. The number of hydrogen-bond acceptors (Lipinski definition) is 3. The molecule has 0 unspecified atom stereocenters. The van der Waals surface area contributed by atoms with E-state index in [1.54, 1.807) is 4.90 Å². The Bertz CT molecular complexity index is 345. The lowest BCUT2D eigenvalue weighted by Crippen LogP contribution is -2.22. The average molecular weight is 217 g/mol. The van der Waals surface area contributed by atoms with Crippen LogP contribution in [0.15, 0.2) is 18.3 Å². The zero-order valence-electron chi connectivity index (χ0n) is 7.88. The molecule has 1 saturated heterocycles. The monoisotopic (exact) mass is 217 g/mol. The van der Waals surface area contributed by atoms with E-state index in [1.165, 1.54) is 6.20 Å². The van der Waals surface area contributed by atoms with Crippen LogP contribution in [0.3, 0.4) is 0 Å². The van der Waals surface area contributed by atoms with Crippen molar-refractivity contribution in [3.8, 4) is 0 Å². The summed E-state index contributed by atoms with van der Waals surface area (Å²) in [6, 6.07) is 2.06. The van der Waals surface area contributed by atoms with E-state index in [2.05, 4.69) is 10.3 Å². The summed E-state index contributed by atoms with van der Waals surface area (Å²) in [6.07, 6.45) is -3.11. The summed E-state index contributed by atoms with van der Waals surface area (Å²) >= 11 is 0. The molecule has 1 fully saturated rings. The Morgan fingerprint density at radius 2 is 2.20 bits per heavy atom. The topological polar surface area (TPSA) is 28.2 Å². The van der Waals surface area contributed by atoms with Gasteiger partial charge in [0, 0.05) is 19.3 Å². The zero-order valence-corrected chi connectivity index (χ0v) is 7.88. The van der Waals surface area contributed by atoms with E-state index in [-0.39, 0.29) is 0 Å². The van der Waals surface area contributed by atoms with Gasteiger partial charge < -0.3 is 4.90 Å². The number of anilines is 1. The molecule has 1 N–H and O–H groups in total. The number of rotatable bonds is 1. The lowest BCUT2D eigenvalue weighted by molar-refractivity contribution is -0.137. The van der Waals surface area contributed by atoms with Crippen molar-refractivity contribution >= 4 is 5.82 Å². The van der Waals surface area contributed by atoms with E-state index in [1.807, 2.05) is 0 Å². The minimum atomic E-state index is -4.30. The Hall–Kier alpha value is -1.30. The van der Waals surface area contributed by atoms with Crippen LogP contribution in [0, 0.1) is 0 Å². The predicted molar refractivity (Wildman–Crippen MR) is 49.5 cm³/mol. The second-order valence-corrected chi connectivity index (χ2v) is 3.32. The predicted octanol–water partition coefficient (Wildman–Crippen LogP) is 1.47. The summed E-state index contributed by atoms with van der Waals surface area (Å²) in [6.45, 7) is 2.01. The van der Waals surface area contributed by atoms with Crippen LogP contribution in [0.5, 0.6) is 0 Å². The van der Waals surface area contributed by atoms with Crippen LogP contribution in [-0.2, 0) is 6.18 Å². The van der Waals surface area contributed by atoms with E-state index >= 15 is 0 Å². The van der Waals surface area contributed by atoms with Gasteiger partial charge in [-0.15, -0.1) is 0 Å². The van der Waals surface area contributed by atoms with E-state index < -0.39 is 11.7 Å². The molecule has 1 aromatic rings. The zero-order chi connectivity index (χ0) is 10.9. The second-order valence-electron chi connectivity index (χ2n) is 3.32. The number of aromatic nitrogens is 1. The third-order valence-electron chi connectivity index (χ3n) is 2.26. The number of pyridine rings is 1. The van der Waals surface area contributed by atoms with Crippen LogP contribution in [-0.4, -0.2) is 24.7 Å². The highest BCUT2D eigenvalue weighted by Crippen LogP contribution is 2.30. The van der Waals surface area contributed by atoms with E-state index in [0.29, 0.717) is 19.0 Å². The molecule has 0 aliphatic carbocycles. The number of nitrogens with zero attached hydrogens (tertiary/aromatic N) is 2. The Kier molecular flexibility index (Phi) is 2.52. The molecule has 82 valence electrons. The molecular weight excluding hydrogens is 207 g/mol. The van der Waals surface area contributed by atoms with Gasteiger partial charge in [-0.3, -0.25) is 5.32 Å². The Balaban J connectivity index is 2.26. The molecule has 0 atom stereocenters. The number of halogens is 3. The highest BCUT2D eigenvalue weighted by Gasteiger charge is 2.31. The summed E-state index contributed by atoms with van der Waals surface area (Å²) in [7, 11) is 0. The van der Waals surface area contributed by atoms with Crippen molar-refractivity contribution in [3.63, 3.8) is 0 Å². The molecule has 0 amide bonds. The first-order valence-electron chi connectivity index (χ1n) is 4.56. The molecule has 6 heteroatoms. The maximum absolute atomic E-state index is 12.4. The molecule has 0 radical (unpaired) electrons. The number of alkyl halides is 3. The van der Waals surface area contributed by atoms with Crippen molar-refractivity contribution in [2.24, 2.45) is 0 Å². The quantitative estimate of drug-likeness (QED) is 0.772. The van der Waals surface area contributed by atoms with Crippen LogP contribution in [0.2, 0.25) is 0 Å². The van der Waals surface area contributed by atoms with Crippen LogP contribution in [0.4, 0.5) is 19.0 Å². The smallest absolute Gasteiger partial charge is 0.343 e. The van der Waals surface area contributed by atoms with Gasteiger partial charge in [0.2, 0.25) is 0 Å². The Morgan fingerprint density at radius 3 is 2.80 bits per heavy atom. The molecule has 15 heavy (non-hydrogen) atoms. The molecular formula is C9H10F3N3. The maximum atomic E-state index is 12.4. The molecule has 2 rings (SSSR count). The van der Waals surface area contributed by atoms with Gasteiger partial charge in [0.15, 0.2) is 0 Å². The maximum Gasteiger partial charge on any atom is 0.416 e. The fraction of sp³-hybridized carbons (Fsp3) is 0.444. The molecule has 1 aromatic heterocycles. The van der Waals surface area contributed by atoms with Crippen molar-refractivity contribution in [1.29, 1.82) is 0 Å². The SMILES string of the molecule is FC(F)(F)c1ccnc(N2CCNC2)c1. The van der Waals surface area contributed by atoms with Crippen molar-refractivity contribution in [2.75, 3.05) is 24.7 Å². The van der Waals surface area contributed by atoms with Gasteiger partial charge >= 0.3 is 6.18 Å². The molecule has 1 aliphatic rings. The van der Waals surface area contributed by atoms with E-state index in [9.17, 15) is 13.2 Å². The number of nitrogens with one attached hydrogen (secondary N) is 1. The molecule has 3 nitrogen and oxygen atoms in total. The molecule has 1 aliphatic heterocycles. The van der Waals surface area contributed by atoms with Gasteiger partial charge in [-0.1, -0.05) is 0 Å². The van der Waals surface area contributed by atoms with Crippen molar-refractivity contribution in [3.05, 3.63) is 23.9 Å². The van der Waals surface area contributed by atoms with Gasteiger partial charge in [0.05, 0.1) is 12.2 Å². The minimum Gasteiger partial charge on any atom is -0.343 e. The summed E-state index contributed by atoms with van der Waals surface area (Å²) in [4.78, 5) is 5.69. The number of hydrogen-bond donors (Lipinski definition) is 1. The lowest BCUT2D eigenvalue weighted by Gasteiger charge is -2.16. The van der Waals surface area contributed by atoms with E-state index in [4.69, 9.17) is 0 Å². The summed E-state index contributed by atoms with van der Waals surface area (Å²) < 4.78 is 37.2. The first kappa shape index (κ1) is 10.2. The fourth-order valence-corrected chi connectivity index (χ4v) is 1.47. The largest absolute Gasteiger partial charge is 0.416 e. The van der Waals surface area contributed by atoms with Gasteiger partial charge in [-0.25, -0.2) is 4.98 Å². The minimum absolute atomic E-state index is 0.370. The van der Waals surface area contributed by atoms with Crippen molar-refractivity contribution in [2.45, 2.75) is 6.18 Å². The summed E-state index contributed by atoms with van der Waals surface area (Å²) in [5.74, 6) is 0.370. The van der Waals surface area contributed by atoms with Crippen molar-refractivity contribution in [1.82, 2.24) is 10.3 Å². The van der Waals surface area contributed by atoms with Gasteiger partial charge in [-0.2, -0.15) is 13.2 Å². The van der Waals surface area contributed by atoms with Crippen molar-refractivity contribution < 1.29 is 13.2 Å². The average Bonchev–Trinajstić information content (AvgIpc) is 2.69. The molecule has 0 spiro atoms. The second kappa shape index (κ2) is 3.69. The van der Waals surface area contributed by atoms with E-state index in [0.717, 1.165) is 18.7 Å². The third kappa shape index (κ3) is 2.20. The summed E-state index contributed by atoms with van der Waals surface area (Å²) in [5, 5.41) is 3.03. The first-order chi connectivity index (χ1) is 7.07. The van der Waals surface area contributed by atoms with Gasteiger partial charge in [0.25, 0.3) is 0 Å². The molecule has 0 bridgehead atoms. The third-order valence-corrected chi connectivity index (χ3v) is 2.26. The van der Waals surface area contributed by atoms with Crippen LogP contribution >= 0.6 is 0 Å². The van der Waals surface area contributed by atoms with Gasteiger partial charge in [-0.05, 0) is 12.1 Å². The van der Waals surface area contributed by atoms with Crippen LogP contribution in [0.1, 0.15) is 5.56 Å². The Morgan fingerprint density at radius 1 is 1.40 bits per heavy atom. The van der Waals surface area contributed by atoms with Gasteiger partial charge in [0.1, 0.15) is 5.82 Å². The highest BCUT2D eigenvalue weighted by molar-refractivity contribution is 5.42. The standard InChI is InChI=1S/C9H10F3N3/c10-9(11,12)7-1-2-14-8(5-7)15-4-3-13-6-15/h1-2,5,13H,3-4,6H2. The first-order valence-corrected chi connectivity index (χ1v) is 4.56. The van der Waals surface area contributed by atoms with Crippen LogP contribution in [0.25, 0.3) is 0 Å². The summed E-state index contributed by atoms with van der Waals surface area (Å²) in [5.41, 5.74) is -0.653.